The van der Waals surface area contributed by atoms with Crippen molar-refractivity contribution in [2.24, 2.45) is 4.99 Å². The molecule has 1 saturated heterocycles. The topological polar surface area (TPSA) is 39.7 Å². The van der Waals surface area contributed by atoms with Gasteiger partial charge in [-0.1, -0.05) is 6.42 Å². The Bertz CT molecular complexity index is 286. The van der Waals surface area contributed by atoms with Crippen molar-refractivity contribution in [3.8, 4) is 0 Å². The third kappa shape index (κ3) is 5.39. The number of likely N-dealkylation sites (tertiary alicyclic amines) is 1. The van der Waals surface area contributed by atoms with Crippen molar-refractivity contribution in [1.82, 2.24) is 15.5 Å². The van der Waals surface area contributed by atoms with Gasteiger partial charge in [-0.15, -0.1) is 0 Å². The molecule has 4 heteroatoms. The molecule has 19 heavy (non-hydrogen) atoms. The number of hydrogen-bond donors (Lipinski definition) is 2. The molecule has 1 aliphatic heterocycles. The van der Waals surface area contributed by atoms with Crippen LogP contribution in [0.5, 0.6) is 0 Å². The maximum atomic E-state index is 4.67. The molecule has 0 amide bonds. The molecule has 2 rings (SSSR count). The van der Waals surface area contributed by atoms with Crippen LogP contribution in [-0.2, 0) is 0 Å². The Morgan fingerprint density at radius 3 is 2.79 bits per heavy atom. The average Bonchev–Trinajstić information content (AvgIpc) is 3.20. The van der Waals surface area contributed by atoms with Crippen LogP contribution in [0.1, 0.15) is 52.4 Å². The Hall–Kier alpha value is -0.770. The Balaban J connectivity index is 1.64. The maximum absolute atomic E-state index is 4.67. The van der Waals surface area contributed by atoms with E-state index in [4.69, 9.17) is 0 Å². The predicted molar refractivity (Wildman–Crippen MR) is 81.6 cm³/mol. The number of piperidine rings is 1. The molecule has 0 aromatic rings. The molecule has 4 nitrogen and oxygen atoms in total. The fourth-order valence-corrected chi connectivity index (χ4v) is 2.70. The highest BCUT2D eigenvalue weighted by molar-refractivity contribution is 5.80. The number of guanidine groups is 1. The van der Waals surface area contributed by atoms with Crippen LogP contribution >= 0.6 is 0 Å². The molecule has 0 aromatic heterocycles. The Morgan fingerprint density at radius 2 is 2.11 bits per heavy atom. The Kier molecular flexibility index (Phi) is 5.95. The van der Waals surface area contributed by atoms with Gasteiger partial charge in [-0.05, 0) is 52.5 Å². The van der Waals surface area contributed by atoms with Crippen molar-refractivity contribution in [2.45, 2.75) is 64.5 Å². The van der Waals surface area contributed by atoms with Gasteiger partial charge in [0.15, 0.2) is 5.96 Å². The second kappa shape index (κ2) is 7.73. The highest BCUT2D eigenvalue weighted by atomic mass is 15.2. The minimum atomic E-state index is 0.680. The van der Waals surface area contributed by atoms with Crippen LogP contribution in [0.2, 0.25) is 0 Å². The van der Waals surface area contributed by atoms with E-state index in [1.807, 2.05) is 0 Å². The largest absolute Gasteiger partial charge is 0.357 e. The summed E-state index contributed by atoms with van der Waals surface area (Å²) in [6, 6.07) is 1.45. The number of aliphatic imine (C=N–C) groups is 1. The van der Waals surface area contributed by atoms with E-state index >= 15 is 0 Å². The molecule has 1 unspecified atom stereocenters. The molecular weight excluding hydrogens is 236 g/mol. The zero-order valence-corrected chi connectivity index (χ0v) is 12.6. The van der Waals surface area contributed by atoms with Gasteiger partial charge in [0.1, 0.15) is 0 Å². The van der Waals surface area contributed by atoms with Crippen LogP contribution < -0.4 is 10.6 Å². The molecule has 0 aromatic carbocycles. The fourth-order valence-electron chi connectivity index (χ4n) is 2.70. The van der Waals surface area contributed by atoms with E-state index in [9.17, 15) is 0 Å². The van der Waals surface area contributed by atoms with Crippen LogP contribution in [0.15, 0.2) is 4.99 Å². The van der Waals surface area contributed by atoms with Crippen molar-refractivity contribution < 1.29 is 0 Å². The van der Waals surface area contributed by atoms with Crippen LogP contribution in [-0.4, -0.2) is 49.1 Å². The van der Waals surface area contributed by atoms with Gasteiger partial charge in [-0.3, -0.25) is 4.99 Å². The summed E-state index contributed by atoms with van der Waals surface area (Å²) in [6.45, 7) is 8.85. The summed E-state index contributed by atoms with van der Waals surface area (Å²) >= 11 is 0. The minimum absolute atomic E-state index is 0.680. The highest BCUT2D eigenvalue weighted by Gasteiger charge is 2.22. The van der Waals surface area contributed by atoms with Crippen LogP contribution in [0.4, 0.5) is 0 Å². The highest BCUT2D eigenvalue weighted by Crippen LogP contribution is 2.18. The molecule has 0 spiro atoms. The zero-order chi connectivity index (χ0) is 13.5. The summed E-state index contributed by atoms with van der Waals surface area (Å²) in [5, 5.41) is 6.79. The summed E-state index contributed by atoms with van der Waals surface area (Å²) < 4.78 is 0. The smallest absolute Gasteiger partial charge is 0.191 e. The summed E-state index contributed by atoms with van der Waals surface area (Å²) in [6.07, 6.45) is 7.93. The van der Waals surface area contributed by atoms with Gasteiger partial charge in [-0.2, -0.15) is 0 Å². The zero-order valence-electron chi connectivity index (χ0n) is 12.6. The van der Waals surface area contributed by atoms with E-state index in [0.717, 1.165) is 25.1 Å². The van der Waals surface area contributed by atoms with Crippen molar-refractivity contribution in [1.29, 1.82) is 0 Å². The number of hydrogen-bond acceptors (Lipinski definition) is 2. The average molecular weight is 266 g/mol. The molecular formula is C15H30N4. The van der Waals surface area contributed by atoms with Crippen LogP contribution in [0, 0.1) is 0 Å². The second-order valence-corrected chi connectivity index (χ2v) is 5.91. The Morgan fingerprint density at radius 1 is 1.26 bits per heavy atom. The molecule has 0 radical (unpaired) electrons. The molecule has 0 bridgehead atoms. The lowest BCUT2D eigenvalue weighted by Crippen LogP contribution is -2.39. The van der Waals surface area contributed by atoms with E-state index in [2.05, 4.69) is 34.4 Å². The van der Waals surface area contributed by atoms with Gasteiger partial charge in [0.25, 0.3) is 0 Å². The normalized spacial score (nSPS) is 25.4. The first kappa shape index (κ1) is 14.6. The van der Waals surface area contributed by atoms with Crippen molar-refractivity contribution in [2.75, 3.05) is 26.2 Å². The third-order valence-corrected chi connectivity index (χ3v) is 4.08. The Labute approximate surface area is 118 Å². The second-order valence-electron chi connectivity index (χ2n) is 5.91. The summed E-state index contributed by atoms with van der Waals surface area (Å²) in [7, 11) is 0. The van der Waals surface area contributed by atoms with Gasteiger partial charge in [0.2, 0.25) is 0 Å². The lowest BCUT2D eigenvalue weighted by atomic mass is 10.0. The monoisotopic (exact) mass is 266 g/mol. The summed E-state index contributed by atoms with van der Waals surface area (Å²) in [5.41, 5.74) is 0. The van der Waals surface area contributed by atoms with E-state index < -0.39 is 0 Å². The van der Waals surface area contributed by atoms with Gasteiger partial charge >= 0.3 is 0 Å². The first-order valence-electron chi connectivity index (χ1n) is 8.08. The molecule has 1 aliphatic carbocycles. The van der Waals surface area contributed by atoms with Gasteiger partial charge in [0.05, 0.1) is 0 Å². The fraction of sp³-hybridized carbons (Fsp3) is 0.933. The van der Waals surface area contributed by atoms with Crippen molar-refractivity contribution in [3.63, 3.8) is 0 Å². The molecule has 110 valence electrons. The lowest BCUT2D eigenvalue weighted by Gasteiger charge is -2.33. The quantitative estimate of drug-likeness (QED) is 0.439. The summed E-state index contributed by atoms with van der Waals surface area (Å²) in [5.74, 6) is 1.01. The molecule has 2 aliphatic rings. The number of rotatable bonds is 6. The molecule has 2 fully saturated rings. The predicted octanol–water partition coefficient (Wildman–Crippen LogP) is 1.97. The molecule has 2 N–H and O–H groups in total. The standard InChI is InChI=1S/C15H30N4/c1-3-16-15(18-14-8-9-14)17-10-6-12-19-11-5-4-7-13(19)2/h13-14H,3-12H2,1-2H3,(H2,16,17,18). The third-order valence-electron chi connectivity index (χ3n) is 4.08. The number of nitrogens with zero attached hydrogens (tertiary/aromatic N) is 2. The molecule has 1 atom stereocenters. The van der Waals surface area contributed by atoms with Gasteiger partial charge < -0.3 is 15.5 Å². The minimum Gasteiger partial charge on any atom is -0.357 e. The van der Waals surface area contributed by atoms with Gasteiger partial charge in [-0.25, -0.2) is 0 Å². The van der Waals surface area contributed by atoms with E-state index in [-0.39, 0.29) is 0 Å². The van der Waals surface area contributed by atoms with E-state index in [0.29, 0.717) is 6.04 Å². The molecule has 1 heterocycles. The van der Waals surface area contributed by atoms with Crippen molar-refractivity contribution >= 4 is 5.96 Å². The first-order valence-corrected chi connectivity index (χ1v) is 8.08. The van der Waals surface area contributed by atoms with E-state index in [1.54, 1.807) is 0 Å². The van der Waals surface area contributed by atoms with E-state index in [1.165, 1.54) is 51.6 Å². The molecule has 1 saturated carbocycles. The first-order chi connectivity index (χ1) is 9.29. The van der Waals surface area contributed by atoms with Crippen LogP contribution in [0.3, 0.4) is 0 Å². The maximum Gasteiger partial charge on any atom is 0.191 e. The number of nitrogens with one attached hydrogen (secondary N) is 2. The van der Waals surface area contributed by atoms with Gasteiger partial charge in [0, 0.05) is 31.7 Å². The van der Waals surface area contributed by atoms with Crippen LogP contribution in [0.25, 0.3) is 0 Å². The van der Waals surface area contributed by atoms with Crippen molar-refractivity contribution in [3.05, 3.63) is 0 Å². The summed E-state index contributed by atoms with van der Waals surface area (Å²) in [4.78, 5) is 7.30. The lowest BCUT2D eigenvalue weighted by molar-refractivity contribution is 0.160. The SMILES string of the molecule is CCNC(=NCCCN1CCCCC1C)NC1CC1.